The zero-order valence-corrected chi connectivity index (χ0v) is 14.9. The molecule has 138 valence electrons. The molecule has 3 rings (SSSR count). The van der Waals surface area contributed by atoms with Crippen molar-refractivity contribution in [3.8, 4) is 0 Å². The number of rotatable bonds is 3. The number of nitrogens with one attached hydrogen (secondary N) is 1. The highest BCUT2D eigenvalue weighted by Crippen LogP contribution is 2.32. The maximum atomic E-state index is 12.6. The van der Waals surface area contributed by atoms with Crippen molar-refractivity contribution in [2.75, 3.05) is 40.3 Å². The summed E-state index contributed by atoms with van der Waals surface area (Å²) in [4.78, 5) is 41.7. The minimum Gasteiger partial charge on any atom is -0.384 e. The highest BCUT2D eigenvalue weighted by molar-refractivity contribution is 5.77. The van der Waals surface area contributed by atoms with Gasteiger partial charge in [-0.2, -0.15) is 5.16 Å². The Hall–Kier alpha value is -2.09. The van der Waals surface area contributed by atoms with Crippen LogP contribution >= 0.6 is 0 Å². The second kappa shape index (κ2) is 7.03. The lowest BCUT2D eigenvalue weighted by atomic mass is 9.86. The number of aryl methyl sites for hydroxylation is 1. The first-order valence-electron chi connectivity index (χ1n) is 8.80. The molecular formula is C17H26N4O4. The van der Waals surface area contributed by atoms with Gasteiger partial charge < -0.3 is 14.3 Å². The van der Waals surface area contributed by atoms with Crippen LogP contribution in [0.3, 0.4) is 0 Å². The van der Waals surface area contributed by atoms with Gasteiger partial charge in [-0.05, 0) is 19.9 Å². The van der Waals surface area contributed by atoms with E-state index in [0.29, 0.717) is 38.1 Å². The van der Waals surface area contributed by atoms with Crippen LogP contribution in [0.2, 0.25) is 0 Å². The van der Waals surface area contributed by atoms with E-state index in [4.69, 9.17) is 4.52 Å². The predicted octanol–water partition coefficient (Wildman–Crippen LogP) is 0.0556. The Bertz CT molecular complexity index is 697. The minimum absolute atomic E-state index is 0.0697. The monoisotopic (exact) mass is 350 g/mol. The summed E-state index contributed by atoms with van der Waals surface area (Å²) in [6.45, 7) is 2.88. The molecule has 2 aliphatic rings. The van der Waals surface area contributed by atoms with Crippen LogP contribution in [0.5, 0.6) is 0 Å². The molecule has 0 aromatic carbocycles. The number of likely N-dealkylation sites (tertiary alicyclic amines) is 1. The summed E-state index contributed by atoms with van der Waals surface area (Å²) in [5, 5.41) is 2.24. The van der Waals surface area contributed by atoms with Gasteiger partial charge in [0.1, 0.15) is 5.76 Å². The van der Waals surface area contributed by atoms with Crippen LogP contribution in [-0.2, 0) is 16.0 Å². The molecule has 1 N–H and O–H groups in total. The zero-order valence-electron chi connectivity index (χ0n) is 14.9. The fourth-order valence-corrected chi connectivity index (χ4v) is 3.80. The Labute approximate surface area is 146 Å². The largest absolute Gasteiger partial charge is 0.384 e. The number of H-pyrrole nitrogens is 1. The summed E-state index contributed by atoms with van der Waals surface area (Å²) in [6, 6.07) is 1.38. The average molecular weight is 350 g/mol. The molecule has 0 saturated carbocycles. The van der Waals surface area contributed by atoms with Gasteiger partial charge in [-0.3, -0.25) is 19.3 Å². The number of carbonyl (C=O) groups is 2. The minimum atomic E-state index is -0.284. The zero-order chi connectivity index (χ0) is 18.0. The van der Waals surface area contributed by atoms with E-state index in [-0.39, 0.29) is 22.9 Å². The number of nitrogens with zero attached hydrogens (tertiary/aromatic N) is 3. The summed E-state index contributed by atoms with van der Waals surface area (Å²) in [5.41, 5.74) is -0.414. The number of amides is 2. The first kappa shape index (κ1) is 17.7. The van der Waals surface area contributed by atoms with Crippen molar-refractivity contribution in [1.29, 1.82) is 0 Å². The topological polar surface area (TPSA) is 89.9 Å². The summed E-state index contributed by atoms with van der Waals surface area (Å²) < 4.78 is 5.01. The molecule has 3 heterocycles. The third-order valence-corrected chi connectivity index (χ3v) is 5.66. The van der Waals surface area contributed by atoms with Crippen LogP contribution in [0, 0.1) is 0 Å². The molecule has 1 aromatic rings. The molecule has 2 fully saturated rings. The van der Waals surface area contributed by atoms with E-state index in [2.05, 4.69) is 17.1 Å². The van der Waals surface area contributed by atoms with Gasteiger partial charge in [-0.25, -0.2) is 0 Å². The first-order valence-corrected chi connectivity index (χ1v) is 8.80. The number of carbonyl (C=O) groups excluding carboxylic acids is 2. The number of aromatic amines is 1. The van der Waals surface area contributed by atoms with Gasteiger partial charge in [0.05, 0.1) is 0 Å². The SMILES string of the molecule is CN1CCC2(CCC1=O)CN(C(=O)CCc1cc(=O)[nH]o1)CCN2C. The van der Waals surface area contributed by atoms with Crippen LogP contribution in [0.1, 0.15) is 31.4 Å². The van der Waals surface area contributed by atoms with E-state index in [1.54, 1.807) is 4.90 Å². The molecule has 2 amide bonds. The Morgan fingerprint density at radius 3 is 2.76 bits per heavy atom. The molecule has 0 radical (unpaired) electrons. The highest BCUT2D eigenvalue weighted by atomic mass is 16.5. The Morgan fingerprint density at radius 2 is 2.04 bits per heavy atom. The lowest BCUT2D eigenvalue weighted by molar-refractivity contribution is -0.137. The molecule has 2 aliphatic heterocycles. The molecule has 0 bridgehead atoms. The normalized spacial score (nSPS) is 25.4. The van der Waals surface area contributed by atoms with Gasteiger partial charge in [0.25, 0.3) is 5.56 Å². The second-order valence-electron chi connectivity index (χ2n) is 7.21. The van der Waals surface area contributed by atoms with Gasteiger partial charge >= 0.3 is 0 Å². The van der Waals surface area contributed by atoms with Crippen molar-refractivity contribution in [3.05, 3.63) is 22.2 Å². The average Bonchev–Trinajstić information content (AvgIpc) is 2.96. The van der Waals surface area contributed by atoms with Gasteiger partial charge in [0.2, 0.25) is 11.8 Å². The molecule has 1 atom stereocenters. The fraction of sp³-hybridized carbons (Fsp3) is 0.706. The highest BCUT2D eigenvalue weighted by Gasteiger charge is 2.42. The third-order valence-electron chi connectivity index (χ3n) is 5.66. The van der Waals surface area contributed by atoms with Crippen LogP contribution < -0.4 is 5.56 Å². The number of aromatic nitrogens is 1. The van der Waals surface area contributed by atoms with Gasteiger partial charge in [0, 0.05) is 64.1 Å². The first-order chi connectivity index (χ1) is 11.9. The Morgan fingerprint density at radius 1 is 1.24 bits per heavy atom. The molecule has 25 heavy (non-hydrogen) atoms. The van der Waals surface area contributed by atoms with E-state index in [1.807, 2.05) is 11.9 Å². The molecule has 0 aliphatic carbocycles. The summed E-state index contributed by atoms with van der Waals surface area (Å²) in [6.07, 6.45) is 2.92. The van der Waals surface area contributed by atoms with Crippen molar-refractivity contribution in [2.24, 2.45) is 0 Å². The number of hydrogen-bond donors (Lipinski definition) is 1. The van der Waals surface area contributed by atoms with Gasteiger partial charge in [-0.15, -0.1) is 0 Å². The smallest absolute Gasteiger partial charge is 0.280 e. The van der Waals surface area contributed by atoms with Gasteiger partial charge in [0.15, 0.2) is 0 Å². The Kier molecular flexibility index (Phi) is 4.99. The van der Waals surface area contributed by atoms with Crippen LogP contribution in [0.4, 0.5) is 0 Å². The van der Waals surface area contributed by atoms with Crippen molar-refractivity contribution in [3.63, 3.8) is 0 Å². The molecule has 1 spiro atoms. The fourth-order valence-electron chi connectivity index (χ4n) is 3.80. The molecule has 2 saturated heterocycles. The number of hydrogen-bond acceptors (Lipinski definition) is 5. The number of likely N-dealkylation sites (N-methyl/N-ethyl adjacent to an activating group) is 1. The molecular weight excluding hydrogens is 324 g/mol. The Balaban J connectivity index is 1.64. The lowest BCUT2D eigenvalue weighted by Crippen LogP contribution is -2.62. The van der Waals surface area contributed by atoms with E-state index < -0.39 is 0 Å². The summed E-state index contributed by atoms with van der Waals surface area (Å²) >= 11 is 0. The van der Waals surface area contributed by atoms with Crippen LogP contribution in [0.25, 0.3) is 0 Å². The summed E-state index contributed by atoms with van der Waals surface area (Å²) in [5.74, 6) is 0.750. The maximum absolute atomic E-state index is 12.6. The predicted molar refractivity (Wildman–Crippen MR) is 91.1 cm³/mol. The molecule has 1 aromatic heterocycles. The van der Waals surface area contributed by atoms with E-state index in [9.17, 15) is 14.4 Å². The molecule has 1 unspecified atom stereocenters. The van der Waals surface area contributed by atoms with Crippen LogP contribution in [-0.4, -0.2) is 77.5 Å². The van der Waals surface area contributed by atoms with Crippen LogP contribution in [0.15, 0.2) is 15.4 Å². The molecule has 8 nitrogen and oxygen atoms in total. The maximum Gasteiger partial charge on any atom is 0.280 e. The molecule has 8 heteroatoms. The van der Waals surface area contributed by atoms with E-state index in [0.717, 1.165) is 25.9 Å². The van der Waals surface area contributed by atoms with E-state index in [1.165, 1.54) is 6.07 Å². The quantitative estimate of drug-likeness (QED) is 0.832. The standard InChI is InChI=1S/C17H26N4O4/c1-19-8-7-17(6-5-15(19)23)12-21(10-9-20(17)2)16(24)4-3-13-11-14(22)18-25-13/h11H,3-10,12H2,1-2H3,(H,18,22). The van der Waals surface area contributed by atoms with Crippen molar-refractivity contribution in [1.82, 2.24) is 19.9 Å². The second-order valence-corrected chi connectivity index (χ2v) is 7.21. The van der Waals surface area contributed by atoms with Crippen molar-refractivity contribution < 1.29 is 14.1 Å². The van der Waals surface area contributed by atoms with E-state index >= 15 is 0 Å². The number of piperazine rings is 1. The lowest BCUT2D eigenvalue weighted by Gasteiger charge is -2.49. The van der Waals surface area contributed by atoms with Gasteiger partial charge in [-0.1, -0.05) is 0 Å². The van der Waals surface area contributed by atoms with Crippen molar-refractivity contribution >= 4 is 11.8 Å². The third kappa shape index (κ3) is 3.78. The summed E-state index contributed by atoms with van der Waals surface area (Å²) in [7, 11) is 3.93. The van der Waals surface area contributed by atoms with Crippen molar-refractivity contribution in [2.45, 2.75) is 37.6 Å².